The number of para-hydroxylation sites is 1. The summed E-state index contributed by atoms with van der Waals surface area (Å²) in [4.78, 5) is 51.6. The van der Waals surface area contributed by atoms with E-state index in [0.29, 0.717) is 23.6 Å². The zero-order valence-corrected chi connectivity index (χ0v) is 20.4. The molecule has 1 saturated heterocycles. The number of amides is 4. The maximum absolute atomic E-state index is 13.5. The molecule has 2 aromatic carbocycles. The number of furan rings is 1. The number of hydrogen-bond donors (Lipinski definition) is 1. The first-order valence-corrected chi connectivity index (χ1v) is 11.5. The van der Waals surface area contributed by atoms with Crippen molar-refractivity contribution in [1.82, 2.24) is 9.88 Å². The number of anilines is 1. The van der Waals surface area contributed by atoms with E-state index in [0.717, 1.165) is 26.9 Å². The molecule has 1 aliphatic rings. The van der Waals surface area contributed by atoms with Gasteiger partial charge in [-0.3, -0.25) is 14.9 Å². The quantitative estimate of drug-likeness (QED) is 0.249. The maximum Gasteiger partial charge on any atom is 0.373 e. The topological polar surface area (TPSA) is 111 Å². The molecule has 0 bridgehead atoms. The first-order chi connectivity index (χ1) is 17.8. The third-order valence-corrected chi connectivity index (χ3v) is 6.41. The number of urea groups is 1. The standard InChI is InChI=1S/C28H23N3O6/c1-16-7-6-10-22(17(16)2)31-26(33)21(25(32)29-28(31)35)13-18-14-30(23-9-5-4-8-20(18)23)15-19-11-12-24(37-19)27(34)36-3/h4-14H,15H2,1-3H3,(H,29,32,35)/b21-13+. The Labute approximate surface area is 211 Å². The Bertz CT molecular complexity index is 1620. The number of fused-ring (bicyclic) bond motifs is 1. The van der Waals surface area contributed by atoms with E-state index >= 15 is 0 Å². The Kier molecular flexibility index (Phi) is 5.96. The molecule has 1 aliphatic heterocycles. The number of carbonyl (C=O) groups is 4. The summed E-state index contributed by atoms with van der Waals surface area (Å²) in [5, 5.41) is 3.08. The van der Waals surface area contributed by atoms with Crippen LogP contribution in [0.5, 0.6) is 0 Å². The predicted octanol–water partition coefficient (Wildman–Crippen LogP) is 4.35. The maximum atomic E-state index is 13.5. The van der Waals surface area contributed by atoms with Gasteiger partial charge in [0, 0.05) is 22.7 Å². The summed E-state index contributed by atoms with van der Waals surface area (Å²) in [5.41, 5.74) is 3.38. The summed E-state index contributed by atoms with van der Waals surface area (Å²) in [7, 11) is 1.28. The average molecular weight is 498 g/mol. The van der Waals surface area contributed by atoms with Crippen molar-refractivity contribution in [1.29, 1.82) is 0 Å². The van der Waals surface area contributed by atoms with E-state index in [2.05, 4.69) is 5.32 Å². The number of esters is 1. The van der Waals surface area contributed by atoms with E-state index in [9.17, 15) is 19.2 Å². The Morgan fingerprint density at radius 1 is 1.03 bits per heavy atom. The number of benzene rings is 2. The van der Waals surface area contributed by atoms with Gasteiger partial charge in [-0.25, -0.2) is 14.5 Å². The second kappa shape index (κ2) is 9.27. The lowest BCUT2D eigenvalue weighted by molar-refractivity contribution is -0.122. The molecule has 5 rings (SSSR count). The van der Waals surface area contributed by atoms with Crippen LogP contribution >= 0.6 is 0 Å². The summed E-state index contributed by atoms with van der Waals surface area (Å²) in [6.07, 6.45) is 3.28. The van der Waals surface area contributed by atoms with Crippen LogP contribution in [0.3, 0.4) is 0 Å². The van der Waals surface area contributed by atoms with E-state index in [1.54, 1.807) is 30.5 Å². The van der Waals surface area contributed by atoms with Crippen LogP contribution in [0.1, 0.15) is 33.0 Å². The number of barbiturate groups is 1. The highest BCUT2D eigenvalue weighted by molar-refractivity contribution is 6.39. The molecule has 9 nitrogen and oxygen atoms in total. The molecule has 3 heterocycles. The van der Waals surface area contributed by atoms with Gasteiger partial charge in [-0.1, -0.05) is 30.3 Å². The van der Waals surface area contributed by atoms with Crippen molar-refractivity contribution in [3.8, 4) is 0 Å². The van der Waals surface area contributed by atoms with E-state index in [1.165, 1.54) is 13.2 Å². The van der Waals surface area contributed by atoms with Gasteiger partial charge in [0.15, 0.2) is 0 Å². The Hall–Kier alpha value is -4.92. The molecule has 0 aliphatic carbocycles. The monoisotopic (exact) mass is 497 g/mol. The number of aromatic nitrogens is 1. The number of hydrogen-bond acceptors (Lipinski definition) is 6. The van der Waals surface area contributed by atoms with Crippen LogP contribution in [-0.4, -0.2) is 35.5 Å². The van der Waals surface area contributed by atoms with Crippen molar-refractivity contribution in [3.63, 3.8) is 0 Å². The number of imide groups is 2. The number of nitrogens with zero attached hydrogens (tertiary/aromatic N) is 2. The van der Waals surface area contributed by atoms with Crippen molar-refractivity contribution < 1.29 is 28.3 Å². The van der Waals surface area contributed by atoms with Gasteiger partial charge >= 0.3 is 12.0 Å². The average Bonchev–Trinajstić information content (AvgIpc) is 3.49. The van der Waals surface area contributed by atoms with Gasteiger partial charge in [-0.05, 0) is 55.3 Å². The van der Waals surface area contributed by atoms with Crippen molar-refractivity contribution in [2.24, 2.45) is 0 Å². The first kappa shape index (κ1) is 23.8. The summed E-state index contributed by atoms with van der Waals surface area (Å²) in [6, 6.07) is 15.2. The minimum absolute atomic E-state index is 0.0944. The van der Waals surface area contributed by atoms with Gasteiger partial charge in [-0.15, -0.1) is 0 Å². The molecular weight excluding hydrogens is 474 g/mol. The van der Waals surface area contributed by atoms with Gasteiger partial charge in [0.05, 0.1) is 19.3 Å². The molecule has 186 valence electrons. The predicted molar refractivity (Wildman–Crippen MR) is 136 cm³/mol. The summed E-state index contributed by atoms with van der Waals surface area (Å²) >= 11 is 0. The lowest BCUT2D eigenvalue weighted by Gasteiger charge is -2.28. The Balaban J connectivity index is 1.55. The zero-order chi connectivity index (χ0) is 26.3. The molecule has 0 unspecified atom stereocenters. The second-order valence-corrected chi connectivity index (χ2v) is 8.66. The molecule has 9 heteroatoms. The van der Waals surface area contributed by atoms with E-state index in [4.69, 9.17) is 9.15 Å². The van der Waals surface area contributed by atoms with Crippen LogP contribution in [0.4, 0.5) is 10.5 Å². The molecule has 4 aromatic rings. The third kappa shape index (κ3) is 4.20. The van der Waals surface area contributed by atoms with Crippen LogP contribution in [0.15, 0.2) is 70.8 Å². The van der Waals surface area contributed by atoms with Crippen LogP contribution in [-0.2, 0) is 20.9 Å². The van der Waals surface area contributed by atoms with E-state index in [-0.39, 0.29) is 11.3 Å². The molecule has 37 heavy (non-hydrogen) atoms. The number of ether oxygens (including phenoxy) is 1. The molecule has 0 spiro atoms. The van der Waals surface area contributed by atoms with Crippen molar-refractivity contribution >= 4 is 46.5 Å². The van der Waals surface area contributed by atoms with Gasteiger partial charge in [0.2, 0.25) is 5.76 Å². The molecular formula is C28H23N3O6. The van der Waals surface area contributed by atoms with Crippen LogP contribution < -0.4 is 10.2 Å². The number of methoxy groups -OCH3 is 1. The smallest absolute Gasteiger partial charge is 0.373 e. The van der Waals surface area contributed by atoms with Crippen LogP contribution in [0, 0.1) is 13.8 Å². The summed E-state index contributed by atoms with van der Waals surface area (Å²) in [6.45, 7) is 4.00. The fourth-order valence-electron chi connectivity index (χ4n) is 4.37. The SMILES string of the molecule is COC(=O)c1ccc(Cn2cc(/C=C3\C(=O)NC(=O)N(c4cccc(C)c4C)C3=O)c3ccccc32)o1. The minimum Gasteiger partial charge on any atom is -0.463 e. The van der Waals surface area contributed by atoms with Gasteiger partial charge in [0.25, 0.3) is 11.8 Å². The van der Waals surface area contributed by atoms with E-state index < -0.39 is 23.8 Å². The third-order valence-electron chi connectivity index (χ3n) is 6.41. The second-order valence-electron chi connectivity index (χ2n) is 8.66. The van der Waals surface area contributed by atoms with Crippen molar-refractivity contribution in [3.05, 3.63) is 94.6 Å². The Morgan fingerprint density at radius 2 is 1.81 bits per heavy atom. The Morgan fingerprint density at radius 3 is 2.59 bits per heavy atom. The lowest BCUT2D eigenvalue weighted by Crippen LogP contribution is -2.54. The number of nitrogens with one attached hydrogen (secondary N) is 1. The van der Waals surface area contributed by atoms with E-state index in [1.807, 2.05) is 48.7 Å². The fraction of sp³-hybridized carbons (Fsp3) is 0.143. The minimum atomic E-state index is -0.789. The summed E-state index contributed by atoms with van der Waals surface area (Å²) in [5.74, 6) is -1.41. The van der Waals surface area contributed by atoms with Gasteiger partial charge in [-0.2, -0.15) is 0 Å². The van der Waals surface area contributed by atoms with Gasteiger partial charge < -0.3 is 13.7 Å². The fourth-order valence-corrected chi connectivity index (χ4v) is 4.37. The normalized spacial score (nSPS) is 14.9. The van der Waals surface area contributed by atoms with Crippen molar-refractivity contribution in [2.45, 2.75) is 20.4 Å². The van der Waals surface area contributed by atoms with Crippen LogP contribution in [0.2, 0.25) is 0 Å². The molecule has 1 N–H and O–H groups in total. The zero-order valence-electron chi connectivity index (χ0n) is 20.4. The number of carbonyl (C=O) groups excluding carboxylic acids is 4. The molecule has 0 saturated carbocycles. The molecule has 0 atom stereocenters. The lowest BCUT2D eigenvalue weighted by atomic mass is 10.0. The highest BCUT2D eigenvalue weighted by atomic mass is 16.5. The summed E-state index contributed by atoms with van der Waals surface area (Å²) < 4.78 is 12.2. The largest absolute Gasteiger partial charge is 0.463 e. The molecule has 1 fully saturated rings. The molecule has 0 radical (unpaired) electrons. The van der Waals surface area contributed by atoms with Crippen molar-refractivity contribution in [2.75, 3.05) is 12.0 Å². The highest BCUT2D eigenvalue weighted by Gasteiger charge is 2.37. The number of rotatable bonds is 5. The molecule has 4 amide bonds. The number of aryl methyl sites for hydroxylation is 1. The van der Waals surface area contributed by atoms with Crippen LogP contribution in [0.25, 0.3) is 17.0 Å². The molecule has 2 aromatic heterocycles. The van der Waals surface area contributed by atoms with Gasteiger partial charge in [0.1, 0.15) is 11.3 Å². The highest BCUT2D eigenvalue weighted by Crippen LogP contribution is 2.29. The first-order valence-electron chi connectivity index (χ1n) is 11.5.